The second-order valence-electron chi connectivity index (χ2n) is 4.94. The first-order chi connectivity index (χ1) is 9.57. The van der Waals surface area contributed by atoms with Crippen LogP contribution in [-0.2, 0) is 26.5 Å². The Bertz CT molecular complexity index is 679. The molecule has 1 unspecified atom stereocenters. The molecule has 1 aliphatic heterocycles. The highest BCUT2D eigenvalue weighted by Gasteiger charge is 2.42. The summed E-state index contributed by atoms with van der Waals surface area (Å²) in [5.74, 6) is -1.32. The van der Waals surface area contributed by atoms with Gasteiger partial charge in [-0.15, -0.1) is 0 Å². The van der Waals surface area contributed by atoms with E-state index in [0.717, 1.165) is 27.5 Å². The molecule has 0 amide bonds. The Morgan fingerprint density at radius 1 is 1.55 bits per heavy atom. The summed E-state index contributed by atoms with van der Waals surface area (Å²) in [5.41, 5.74) is 3.06. The fourth-order valence-electron chi connectivity index (χ4n) is 2.90. The van der Waals surface area contributed by atoms with E-state index in [4.69, 9.17) is 9.47 Å². The average molecular weight is 338 g/mol. The first-order valence-electron chi connectivity index (χ1n) is 6.70. The van der Waals surface area contributed by atoms with Gasteiger partial charge in [-0.05, 0) is 24.1 Å². The van der Waals surface area contributed by atoms with Crippen LogP contribution in [0.5, 0.6) is 0 Å². The molecule has 0 radical (unpaired) electrons. The molecular formula is C15H16BrNO3. The third kappa shape index (κ3) is 1.96. The van der Waals surface area contributed by atoms with Gasteiger partial charge in [0, 0.05) is 28.7 Å². The number of aromatic amines is 1. The number of carbonyl (C=O) groups is 1. The molecular weight excluding hydrogens is 322 g/mol. The molecule has 2 heterocycles. The van der Waals surface area contributed by atoms with E-state index in [-0.39, 0.29) is 5.97 Å². The zero-order valence-electron chi connectivity index (χ0n) is 11.5. The number of hydrogen-bond acceptors (Lipinski definition) is 3. The van der Waals surface area contributed by atoms with Crippen molar-refractivity contribution < 1.29 is 14.3 Å². The van der Waals surface area contributed by atoms with Gasteiger partial charge in [-0.25, -0.2) is 0 Å². The maximum atomic E-state index is 11.4. The van der Waals surface area contributed by atoms with Crippen molar-refractivity contribution in [2.45, 2.75) is 32.5 Å². The van der Waals surface area contributed by atoms with E-state index in [1.165, 1.54) is 12.5 Å². The maximum absolute atomic E-state index is 11.4. The fraction of sp³-hybridized carbons (Fsp3) is 0.400. The van der Waals surface area contributed by atoms with Gasteiger partial charge in [-0.2, -0.15) is 0 Å². The average Bonchev–Trinajstić information content (AvgIpc) is 2.79. The largest absolute Gasteiger partial charge is 0.427 e. The number of benzene rings is 1. The van der Waals surface area contributed by atoms with Crippen molar-refractivity contribution in [2.75, 3.05) is 6.61 Å². The molecule has 1 aromatic heterocycles. The number of halogens is 1. The smallest absolute Gasteiger partial charge is 0.305 e. The van der Waals surface area contributed by atoms with Gasteiger partial charge in [-0.3, -0.25) is 4.79 Å². The van der Waals surface area contributed by atoms with Gasteiger partial charge in [0.15, 0.2) is 0 Å². The van der Waals surface area contributed by atoms with E-state index >= 15 is 0 Å². The standard InChI is InChI=1S/C15H16BrNO3/c1-3-15(20-9(2)18)14-10(7-8-19-15)13-11(16)5-4-6-12(13)17-14/h4-6,17H,3,7-8H2,1-2H3. The SMILES string of the molecule is CCC1(OC(C)=O)OCCc2c1[nH]c1cccc(Br)c21. The van der Waals surface area contributed by atoms with Crippen molar-refractivity contribution >= 4 is 32.8 Å². The van der Waals surface area contributed by atoms with Gasteiger partial charge in [0.05, 0.1) is 12.3 Å². The number of H-pyrrole nitrogens is 1. The van der Waals surface area contributed by atoms with E-state index in [1.807, 2.05) is 25.1 Å². The lowest BCUT2D eigenvalue weighted by Gasteiger charge is -2.35. The highest BCUT2D eigenvalue weighted by Crippen LogP contribution is 2.41. The number of aromatic nitrogens is 1. The zero-order valence-corrected chi connectivity index (χ0v) is 13.0. The summed E-state index contributed by atoms with van der Waals surface area (Å²) in [6.45, 7) is 3.91. The Morgan fingerprint density at radius 3 is 3.05 bits per heavy atom. The third-order valence-electron chi connectivity index (χ3n) is 3.72. The van der Waals surface area contributed by atoms with Gasteiger partial charge in [0.2, 0.25) is 0 Å². The molecule has 3 rings (SSSR count). The van der Waals surface area contributed by atoms with Crippen molar-refractivity contribution in [1.82, 2.24) is 4.98 Å². The number of ether oxygens (including phenoxy) is 2. The van der Waals surface area contributed by atoms with E-state index in [1.54, 1.807) is 0 Å². The van der Waals surface area contributed by atoms with Gasteiger partial charge in [0.1, 0.15) is 0 Å². The van der Waals surface area contributed by atoms with E-state index in [9.17, 15) is 4.79 Å². The summed E-state index contributed by atoms with van der Waals surface area (Å²) in [7, 11) is 0. The van der Waals surface area contributed by atoms with Crippen LogP contribution in [-0.4, -0.2) is 17.6 Å². The van der Waals surface area contributed by atoms with Crippen molar-refractivity contribution in [1.29, 1.82) is 0 Å². The predicted molar refractivity (Wildman–Crippen MR) is 79.4 cm³/mol. The number of nitrogens with one attached hydrogen (secondary N) is 1. The number of hydrogen-bond donors (Lipinski definition) is 1. The molecule has 1 aromatic carbocycles. The Balaban J connectivity index is 2.25. The Kier molecular flexibility index (Phi) is 3.34. The molecule has 2 aromatic rings. The molecule has 0 bridgehead atoms. The van der Waals surface area contributed by atoms with Crippen LogP contribution in [0.25, 0.3) is 10.9 Å². The number of rotatable bonds is 2. The lowest BCUT2D eigenvalue weighted by molar-refractivity contribution is -0.245. The van der Waals surface area contributed by atoms with Crippen LogP contribution in [0, 0.1) is 0 Å². The minimum atomic E-state index is -0.988. The second-order valence-corrected chi connectivity index (χ2v) is 5.79. The molecule has 5 heteroatoms. The van der Waals surface area contributed by atoms with Gasteiger partial charge in [-0.1, -0.05) is 28.9 Å². The maximum Gasteiger partial charge on any atom is 0.305 e. The van der Waals surface area contributed by atoms with Crippen LogP contribution in [0.3, 0.4) is 0 Å². The number of esters is 1. The van der Waals surface area contributed by atoms with Crippen LogP contribution >= 0.6 is 15.9 Å². The molecule has 0 saturated heterocycles. The fourth-order valence-corrected chi connectivity index (χ4v) is 3.50. The first kappa shape index (κ1) is 13.6. The number of carbonyl (C=O) groups excluding carboxylic acids is 1. The van der Waals surface area contributed by atoms with Crippen molar-refractivity contribution in [3.63, 3.8) is 0 Å². The monoisotopic (exact) mass is 337 g/mol. The third-order valence-corrected chi connectivity index (χ3v) is 4.38. The molecule has 4 nitrogen and oxygen atoms in total. The summed E-state index contributed by atoms with van der Waals surface area (Å²) < 4.78 is 12.4. The van der Waals surface area contributed by atoms with E-state index in [2.05, 4.69) is 20.9 Å². The van der Waals surface area contributed by atoms with Crippen LogP contribution in [0.1, 0.15) is 31.5 Å². The van der Waals surface area contributed by atoms with Gasteiger partial charge in [0.25, 0.3) is 5.79 Å². The molecule has 106 valence electrons. The first-order valence-corrected chi connectivity index (χ1v) is 7.50. The summed E-state index contributed by atoms with van der Waals surface area (Å²) in [5, 5.41) is 1.15. The Labute approximate surface area is 125 Å². The van der Waals surface area contributed by atoms with Crippen LogP contribution in [0.15, 0.2) is 22.7 Å². The quantitative estimate of drug-likeness (QED) is 0.851. The summed E-state index contributed by atoms with van der Waals surface area (Å²) in [4.78, 5) is 14.8. The van der Waals surface area contributed by atoms with Gasteiger partial charge < -0.3 is 14.5 Å². The lowest BCUT2D eigenvalue weighted by Crippen LogP contribution is -2.39. The Morgan fingerprint density at radius 2 is 2.35 bits per heavy atom. The molecule has 1 N–H and O–H groups in total. The highest BCUT2D eigenvalue weighted by molar-refractivity contribution is 9.10. The normalized spacial score (nSPS) is 21.8. The second kappa shape index (κ2) is 4.90. The van der Waals surface area contributed by atoms with E-state index < -0.39 is 5.79 Å². The topological polar surface area (TPSA) is 51.3 Å². The molecule has 20 heavy (non-hydrogen) atoms. The van der Waals surface area contributed by atoms with Crippen molar-refractivity contribution in [2.24, 2.45) is 0 Å². The molecule has 1 aliphatic rings. The summed E-state index contributed by atoms with van der Waals surface area (Å²) in [6, 6.07) is 6.02. The molecule has 0 fully saturated rings. The van der Waals surface area contributed by atoms with Crippen molar-refractivity contribution in [3.05, 3.63) is 33.9 Å². The molecule has 0 spiro atoms. The van der Waals surface area contributed by atoms with Gasteiger partial charge >= 0.3 is 5.97 Å². The highest BCUT2D eigenvalue weighted by atomic mass is 79.9. The minimum absolute atomic E-state index is 0.336. The predicted octanol–water partition coefficient (Wildman–Crippen LogP) is 3.63. The zero-order chi connectivity index (χ0) is 14.3. The lowest BCUT2D eigenvalue weighted by atomic mass is 9.98. The van der Waals surface area contributed by atoms with Crippen LogP contribution in [0.4, 0.5) is 0 Å². The number of fused-ring (bicyclic) bond motifs is 3. The van der Waals surface area contributed by atoms with Crippen LogP contribution < -0.4 is 0 Å². The molecule has 0 saturated carbocycles. The Hall–Kier alpha value is -1.33. The molecule has 0 aliphatic carbocycles. The van der Waals surface area contributed by atoms with Crippen LogP contribution in [0.2, 0.25) is 0 Å². The summed E-state index contributed by atoms with van der Waals surface area (Å²) in [6.07, 6.45) is 1.38. The molecule has 1 atom stereocenters. The summed E-state index contributed by atoms with van der Waals surface area (Å²) >= 11 is 3.60. The van der Waals surface area contributed by atoms with Crippen molar-refractivity contribution in [3.8, 4) is 0 Å². The minimum Gasteiger partial charge on any atom is -0.427 e. The van der Waals surface area contributed by atoms with E-state index in [0.29, 0.717) is 13.0 Å².